The van der Waals surface area contributed by atoms with Crippen LogP contribution in [0.5, 0.6) is 0 Å². The van der Waals surface area contributed by atoms with Gasteiger partial charge in [0.25, 0.3) is 0 Å². The molecule has 0 heterocycles. The van der Waals surface area contributed by atoms with Gasteiger partial charge in [0.2, 0.25) is 5.91 Å². The van der Waals surface area contributed by atoms with Gasteiger partial charge in [-0.25, -0.2) is 0 Å². The van der Waals surface area contributed by atoms with Crippen LogP contribution in [0.25, 0.3) is 0 Å². The summed E-state index contributed by atoms with van der Waals surface area (Å²) >= 11 is 5.75. The van der Waals surface area contributed by atoms with E-state index in [2.05, 4.69) is 12.6 Å². The predicted octanol–water partition coefficient (Wildman–Crippen LogP) is 1.13. The third kappa shape index (κ3) is 5.44. The van der Waals surface area contributed by atoms with Crippen molar-refractivity contribution in [1.82, 2.24) is 4.90 Å². The molecule has 0 aromatic carbocycles. The van der Waals surface area contributed by atoms with Gasteiger partial charge in [-0.1, -0.05) is 0 Å². The van der Waals surface area contributed by atoms with Crippen molar-refractivity contribution in [3.05, 3.63) is 0 Å². The molecule has 0 atom stereocenters. The lowest BCUT2D eigenvalue weighted by molar-refractivity contribution is -0.129. The summed E-state index contributed by atoms with van der Waals surface area (Å²) in [6.45, 7) is 0.841. The molecule has 0 N–H and O–H groups in total. The summed E-state index contributed by atoms with van der Waals surface area (Å²) in [4.78, 5) is 12.9. The van der Waals surface area contributed by atoms with Crippen molar-refractivity contribution in [3.63, 3.8) is 0 Å². The normalized spacial score (nSPS) is 9.73. The number of carbonyl (C=O) groups excluding carboxylic acids is 1. The summed E-state index contributed by atoms with van der Waals surface area (Å²) < 4.78 is 0. The Bertz CT molecular complexity index is 119. The molecule has 0 aromatic rings. The van der Waals surface area contributed by atoms with Crippen LogP contribution in [-0.4, -0.2) is 42.2 Å². The van der Waals surface area contributed by atoms with Gasteiger partial charge in [0.15, 0.2) is 0 Å². The Hall–Kier alpha value is 0.170. The van der Waals surface area contributed by atoms with Crippen molar-refractivity contribution in [2.45, 2.75) is 6.42 Å². The molecule has 0 unspecified atom stereocenters. The zero-order valence-corrected chi connectivity index (χ0v) is 8.75. The Morgan fingerprint density at radius 1 is 1.64 bits per heavy atom. The minimum atomic E-state index is 0.189. The van der Waals surface area contributed by atoms with Crippen molar-refractivity contribution in [2.75, 3.05) is 31.4 Å². The van der Waals surface area contributed by atoms with Gasteiger partial charge in [-0.15, -0.1) is 0 Å². The van der Waals surface area contributed by atoms with Gasteiger partial charge < -0.3 is 4.90 Å². The van der Waals surface area contributed by atoms with Crippen molar-refractivity contribution in [1.29, 1.82) is 0 Å². The zero-order valence-electron chi connectivity index (χ0n) is 7.04. The van der Waals surface area contributed by atoms with Crippen LogP contribution in [0.4, 0.5) is 0 Å². The molecule has 0 fully saturated rings. The largest absolute Gasteiger partial charge is 0.345 e. The lowest BCUT2D eigenvalue weighted by atomic mass is 10.4. The van der Waals surface area contributed by atoms with E-state index in [0.717, 1.165) is 12.3 Å². The number of hydrogen-bond acceptors (Lipinski definition) is 3. The standard InChI is InChI=1S/C7H15NOS2/c1-8(4-6-11-2)7(9)3-5-10/h10H,3-6H2,1-2H3. The summed E-state index contributed by atoms with van der Waals surface area (Å²) in [7, 11) is 1.84. The number of hydrogen-bond donors (Lipinski definition) is 1. The molecule has 0 rings (SSSR count). The summed E-state index contributed by atoms with van der Waals surface area (Å²) in [5.74, 6) is 1.84. The van der Waals surface area contributed by atoms with E-state index < -0.39 is 0 Å². The number of carbonyl (C=O) groups is 1. The van der Waals surface area contributed by atoms with Crippen LogP contribution in [0.15, 0.2) is 0 Å². The quantitative estimate of drug-likeness (QED) is 0.661. The molecule has 4 heteroatoms. The lowest BCUT2D eigenvalue weighted by Crippen LogP contribution is -2.28. The summed E-state index contributed by atoms with van der Waals surface area (Å²) in [5.41, 5.74) is 0. The fourth-order valence-electron chi connectivity index (χ4n) is 0.639. The number of nitrogens with zero attached hydrogens (tertiary/aromatic N) is 1. The molecule has 0 aliphatic carbocycles. The maximum atomic E-state index is 11.1. The van der Waals surface area contributed by atoms with Gasteiger partial charge in [-0.2, -0.15) is 24.4 Å². The van der Waals surface area contributed by atoms with Crippen molar-refractivity contribution in [2.24, 2.45) is 0 Å². The Balaban J connectivity index is 3.46. The lowest BCUT2D eigenvalue weighted by Gasteiger charge is -2.15. The van der Waals surface area contributed by atoms with Gasteiger partial charge in [0, 0.05) is 25.8 Å². The molecular weight excluding hydrogens is 178 g/mol. The highest BCUT2D eigenvalue weighted by Crippen LogP contribution is 1.96. The van der Waals surface area contributed by atoms with Crippen molar-refractivity contribution in [3.8, 4) is 0 Å². The van der Waals surface area contributed by atoms with Crippen molar-refractivity contribution >= 4 is 30.3 Å². The van der Waals surface area contributed by atoms with Gasteiger partial charge in [0.05, 0.1) is 0 Å². The first-order valence-corrected chi connectivity index (χ1v) is 5.58. The highest BCUT2D eigenvalue weighted by atomic mass is 32.2. The highest BCUT2D eigenvalue weighted by Gasteiger charge is 2.05. The average molecular weight is 193 g/mol. The Kier molecular flexibility index (Phi) is 6.96. The van der Waals surface area contributed by atoms with Crippen LogP contribution in [0, 0.1) is 0 Å². The predicted molar refractivity (Wildman–Crippen MR) is 54.5 cm³/mol. The maximum Gasteiger partial charge on any atom is 0.223 e. The second kappa shape index (κ2) is 6.85. The number of thioether (sulfide) groups is 1. The van der Waals surface area contributed by atoms with Crippen LogP contribution in [0.3, 0.4) is 0 Å². The van der Waals surface area contributed by atoms with E-state index in [0.29, 0.717) is 12.2 Å². The Morgan fingerprint density at radius 2 is 2.27 bits per heavy atom. The summed E-state index contributed by atoms with van der Waals surface area (Å²) in [5, 5.41) is 0. The molecule has 0 bridgehead atoms. The smallest absolute Gasteiger partial charge is 0.223 e. The fraction of sp³-hybridized carbons (Fsp3) is 0.857. The monoisotopic (exact) mass is 193 g/mol. The van der Waals surface area contributed by atoms with Crippen LogP contribution < -0.4 is 0 Å². The molecule has 0 aromatic heterocycles. The van der Waals surface area contributed by atoms with Crippen LogP contribution in [0.2, 0.25) is 0 Å². The fourth-order valence-corrected chi connectivity index (χ4v) is 1.29. The topological polar surface area (TPSA) is 20.3 Å². The minimum Gasteiger partial charge on any atom is -0.345 e. The van der Waals surface area contributed by atoms with Gasteiger partial charge in [-0.3, -0.25) is 4.79 Å². The van der Waals surface area contributed by atoms with Crippen LogP contribution in [-0.2, 0) is 4.79 Å². The second-order valence-electron chi connectivity index (χ2n) is 2.28. The molecule has 0 radical (unpaired) electrons. The first kappa shape index (κ1) is 11.2. The molecule has 11 heavy (non-hydrogen) atoms. The van der Waals surface area contributed by atoms with E-state index >= 15 is 0 Å². The van der Waals surface area contributed by atoms with E-state index in [-0.39, 0.29) is 5.91 Å². The number of amides is 1. The van der Waals surface area contributed by atoms with Gasteiger partial charge >= 0.3 is 0 Å². The van der Waals surface area contributed by atoms with E-state index in [1.807, 2.05) is 13.3 Å². The molecule has 66 valence electrons. The molecule has 0 aliphatic rings. The first-order valence-electron chi connectivity index (χ1n) is 3.56. The molecule has 0 spiro atoms. The Labute approximate surface area is 78.1 Å². The van der Waals surface area contributed by atoms with E-state index in [1.165, 1.54) is 0 Å². The molecule has 0 saturated heterocycles. The van der Waals surface area contributed by atoms with Gasteiger partial charge in [0.1, 0.15) is 0 Å². The van der Waals surface area contributed by atoms with E-state index in [9.17, 15) is 4.79 Å². The first-order chi connectivity index (χ1) is 5.22. The maximum absolute atomic E-state index is 11.1. The van der Waals surface area contributed by atoms with Crippen LogP contribution in [0.1, 0.15) is 6.42 Å². The third-order valence-corrected chi connectivity index (χ3v) is 2.20. The molecular formula is C7H15NOS2. The average Bonchev–Trinajstić information content (AvgIpc) is 2.00. The highest BCUT2D eigenvalue weighted by molar-refractivity contribution is 7.98. The molecule has 1 amide bonds. The zero-order chi connectivity index (χ0) is 8.69. The van der Waals surface area contributed by atoms with E-state index in [1.54, 1.807) is 16.7 Å². The van der Waals surface area contributed by atoms with Gasteiger partial charge in [-0.05, 0) is 12.0 Å². The Morgan fingerprint density at radius 3 is 2.73 bits per heavy atom. The molecule has 2 nitrogen and oxygen atoms in total. The summed E-state index contributed by atoms with van der Waals surface area (Å²) in [6.07, 6.45) is 2.59. The van der Waals surface area contributed by atoms with Crippen LogP contribution >= 0.6 is 24.4 Å². The number of rotatable bonds is 5. The third-order valence-electron chi connectivity index (χ3n) is 1.38. The number of thiol groups is 1. The molecule has 0 saturated carbocycles. The second-order valence-corrected chi connectivity index (χ2v) is 3.71. The van der Waals surface area contributed by atoms with E-state index in [4.69, 9.17) is 0 Å². The summed E-state index contributed by atoms with van der Waals surface area (Å²) in [6, 6.07) is 0. The van der Waals surface area contributed by atoms with Crippen molar-refractivity contribution < 1.29 is 4.79 Å². The SMILES string of the molecule is CSCCN(C)C(=O)CCS. The molecule has 0 aliphatic heterocycles. The minimum absolute atomic E-state index is 0.189.